The SMILES string of the molecule is O=C(Cn1cc(Nc2ncnc3cc(OCCN(CCO)C4CCCCC4)ccc23)cn1)Nc1cccc(F)c1F. The fourth-order valence-electron chi connectivity index (χ4n) is 5.15. The van der Waals surface area contributed by atoms with Gasteiger partial charge in [-0.05, 0) is 37.1 Å². The van der Waals surface area contributed by atoms with Crippen LogP contribution >= 0.6 is 0 Å². The molecule has 0 bridgehead atoms. The minimum absolute atomic E-state index is 0.139. The Morgan fingerprint density at radius 2 is 1.98 bits per heavy atom. The second-order valence-electron chi connectivity index (χ2n) is 10.0. The second-order valence-corrected chi connectivity index (χ2v) is 10.0. The van der Waals surface area contributed by atoms with E-state index in [1.165, 1.54) is 61.4 Å². The molecule has 0 radical (unpaired) electrons. The third kappa shape index (κ3) is 7.33. The zero-order chi connectivity index (χ0) is 28.6. The number of nitrogens with one attached hydrogen (secondary N) is 2. The number of carbonyl (C=O) groups excluding carboxylic acids is 1. The minimum Gasteiger partial charge on any atom is -0.492 e. The molecule has 1 amide bonds. The molecule has 41 heavy (non-hydrogen) atoms. The molecule has 0 saturated heterocycles. The van der Waals surface area contributed by atoms with Gasteiger partial charge in [0.2, 0.25) is 5.91 Å². The van der Waals surface area contributed by atoms with E-state index >= 15 is 0 Å². The Morgan fingerprint density at radius 3 is 2.80 bits per heavy atom. The van der Waals surface area contributed by atoms with E-state index in [1.54, 1.807) is 6.20 Å². The molecule has 1 fully saturated rings. The summed E-state index contributed by atoms with van der Waals surface area (Å²) in [5, 5.41) is 20.0. The molecule has 12 heteroatoms. The number of amides is 1. The summed E-state index contributed by atoms with van der Waals surface area (Å²) in [5.41, 5.74) is 1.05. The number of rotatable bonds is 12. The first kappa shape index (κ1) is 28.4. The van der Waals surface area contributed by atoms with Gasteiger partial charge in [-0.25, -0.2) is 18.7 Å². The number of ether oxygens (including phenoxy) is 1. The van der Waals surface area contributed by atoms with Crippen LogP contribution in [0.15, 0.2) is 55.1 Å². The molecule has 0 spiro atoms. The van der Waals surface area contributed by atoms with Crippen molar-refractivity contribution in [2.24, 2.45) is 0 Å². The van der Waals surface area contributed by atoms with Gasteiger partial charge in [-0.15, -0.1) is 0 Å². The summed E-state index contributed by atoms with van der Waals surface area (Å²) in [6.07, 6.45) is 10.7. The monoisotopic (exact) mass is 565 g/mol. The van der Waals surface area contributed by atoms with Gasteiger partial charge in [0.25, 0.3) is 0 Å². The molecule has 1 saturated carbocycles. The van der Waals surface area contributed by atoms with E-state index in [4.69, 9.17) is 4.74 Å². The predicted octanol–water partition coefficient (Wildman–Crippen LogP) is 4.49. The fourth-order valence-corrected chi connectivity index (χ4v) is 5.15. The van der Waals surface area contributed by atoms with Crippen molar-refractivity contribution < 1.29 is 23.4 Å². The van der Waals surface area contributed by atoms with E-state index in [-0.39, 0.29) is 18.8 Å². The van der Waals surface area contributed by atoms with Gasteiger partial charge >= 0.3 is 0 Å². The Bertz CT molecular complexity index is 1480. The second kappa shape index (κ2) is 13.5. The molecule has 2 aromatic carbocycles. The quantitative estimate of drug-likeness (QED) is 0.230. The average Bonchev–Trinajstić information content (AvgIpc) is 3.42. The summed E-state index contributed by atoms with van der Waals surface area (Å²) < 4.78 is 34.6. The molecule has 0 unspecified atom stereocenters. The molecular formula is C29H33F2N7O3. The third-order valence-corrected chi connectivity index (χ3v) is 7.16. The average molecular weight is 566 g/mol. The summed E-state index contributed by atoms with van der Waals surface area (Å²) in [7, 11) is 0. The van der Waals surface area contributed by atoms with Crippen molar-refractivity contribution in [1.29, 1.82) is 0 Å². The van der Waals surface area contributed by atoms with Crippen LogP contribution < -0.4 is 15.4 Å². The van der Waals surface area contributed by atoms with Crippen LogP contribution in [0.1, 0.15) is 32.1 Å². The highest BCUT2D eigenvalue weighted by Gasteiger charge is 2.20. The summed E-state index contributed by atoms with van der Waals surface area (Å²) in [5.74, 6) is -1.45. The number of nitrogens with zero attached hydrogens (tertiary/aromatic N) is 5. The van der Waals surface area contributed by atoms with Gasteiger partial charge in [-0.1, -0.05) is 25.3 Å². The molecule has 0 aliphatic heterocycles. The standard InChI is InChI=1S/C29H33F2N7O3/c30-24-7-4-8-25(28(24)31)36-27(40)18-38-17-20(16-34-38)35-29-23-10-9-22(15-26(23)32-19-33-29)41-14-12-37(11-13-39)21-5-2-1-3-6-21/h4,7-10,15-17,19,21,39H,1-3,5-6,11-14,18H2,(H,36,40)(H,32,33,35). The van der Waals surface area contributed by atoms with Crippen molar-refractivity contribution in [1.82, 2.24) is 24.6 Å². The van der Waals surface area contributed by atoms with Crippen LogP contribution in [0.25, 0.3) is 10.9 Å². The first-order valence-corrected chi connectivity index (χ1v) is 13.8. The van der Waals surface area contributed by atoms with E-state index in [0.717, 1.165) is 18.0 Å². The van der Waals surface area contributed by atoms with E-state index in [1.807, 2.05) is 18.2 Å². The molecule has 0 atom stereocenters. The van der Waals surface area contributed by atoms with Crippen LogP contribution in [-0.4, -0.2) is 68.0 Å². The van der Waals surface area contributed by atoms with Crippen LogP contribution in [0.3, 0.4) is 0 Å². The van der Waals surface area contributed by atoms with Crippen molar-refractivity contribution in [3.63, 3.8) is 0 Å². The van der Waals surface area contributed by atoms with Gasteiger partial charge in [0.15, 0.2) is 11.6 Å². The van der Waals surface area contributed by atoms with Crippen LogP contribution in [0.4, 0.5) is 26.0 Å². The molecule has 3 N–H and O–H groups in total. The number of aliphatic hydroxyl groups is 1. The van der Waals surface area contributed by atoms with Crippen LogP contribution in [0, 0.1) is 11.6 Å². The van der Waals surface area contributed by atoms with Gasteiger partial charge in [-0.3, -0.25) is 14.4 Å². The van der Waals surface area contributed by atoms with E-state index in [2.05, 4.69) is 30.6 Å². The number of carbonyl (C=O) groups is 1. The first-order valence-electron chi connectivity index (χ1n) is 13.8. The molecule has 1 aliphatic carbocycles. The molecule has 2 heterocycles. The van der Waals surface area contributed by atoms with Crippen molar-refractivity contribution in [2.75, 3.05) is 36.9 Å². The highest BCUT2D eigenvalue weighted by Crippen LogP contribution is 2.27. The van der Waals surface area contributed by atoms with Gasteiger partial charge < -0.3 is 20.5 Å². The predicted molar refractivity (Wildman–Crippen MR) is 151 cm³/mol. The highest BCUT2D eigenvalue weighted by atomic mass is 19.2. The van der Waals surface area contributed by atoms with Crippen molar-refractivity contribution >= 4 is 34.0 Å². The number of halogens is 2. The van der Waals surface area contributed by atoms with Crippen LogP contribution in [0.5, 0.6) is 5.75 Å². The lowest BCUT2D eigenvalue weighted by atomic mass is 9.94. The first-order chi connectivity index (χ1) is 20.0. The maximum absolute atomic E-state index is 13.8. The van der Waals surface area contributed by atoms with Crippen molar-refractivity contribution in [3.8, 4) is 5.75 Å². The summed E-state index contributed by atoms with van der Waals surface area (Å²) >= 11 is 0. The molecule has 10 nitrogen and oxygen atoms in total. The Labute approximate surface area is 236 Å². The normalized spacial score (nSPS) is 14.0. The number of fused-ring (bicyclic) bond motifs is 1. The third-order valence-electron chi connectivity index (χ3n) is 7.16. The number of hydrogen-bond acceptors (Lipinski definition) is 8. The lowest BCUT2D eigenvalue weighted by Gasteiger charge is -2.33. The Morgan fingerprint density at radius 1 is 1.12 bits per heavy atom. The Hall–Kier alpha value is -4.16. The number of hydrogen-bond donors (Lipinski definition) is 3. The summed E-state index contributed by atoms with van der Waals surface area (Å²) in [6.45, 7) is 1.86. The maximum atomic E-state index is 13.8. The van der Waals surface area contributed by atoms with Gasteiger partial charge in [0, 0.05) is 36.8 Å². The van der Waals surface area contributed by atoms with Crippen LogP contribution in [-0.2, 0) is 11.3 Å². The maximum Gasteiger partial charge on any atom is 0.246 e. The largest absolute Gasteiger partial charge is 0.492 e. The fraction of sp³-hybridized carbons (Fsp3) is 0.379. The van der Waals surface area contributed by atoms with Gasteiger partial charge in [0.05, 0.1) is 29.7 Å². The molecule has 1 aliphatic rings. The van der Waals surface area contributed by atoms with Gasteiger partial charge in [-0.2, -0.15) is 5.10 Å². The zero-order valence-electron chi connectivity index (χ0n) is 22.6. The number of aromatic nitrogens is 4. The van der Waals surface area contributed by atoms with Crippen molar-refractivity contribution in [2.45, 2.75) is 44.7 Å². The van der Waals surface area contributed by atoms with Gasteiger partial charge in [0.1, 0.15) is 31.0 Å². The van der Waals surface area contributed by atoms with E-state index < -0.39 is 17.5 Å². The topological polar surface area (TPSA) is 117 Å². The number of aliphatic hydroxyl groups excluding tert-OH is 1. The zero-order valence-corrected chi connectivity index (χ0v) is 22.6. The Balaban J connectivity index is 1.18. The lowest BCUT2D eigenvalue weighted by molar-refractivity contribution is -0.116. The summed E-state index contributed by atoms with van der Waals surface area (Å²) in [4.78, 5) is 23.4. The molecule has 216 valence electrons. The van der Waals surface area contributed by atoms with E-state index in [9.17, 15) is 18.7 Å². The highest BCUT2D eigenvalue weighted by molar-refractivity contribution is 5.92. The molecule has 2 aromatic heterocycles. The smallest absolute Gasteiger partial charge is 0.246 e. The minimum atomic E-state index is -1.11. The number of anilines is 3. The van der Waals surface area contributed by atoms with E-state index in [0.29, 0.717) is 42.0 Å². The molecule has 4 aromatic rings. The molecular weight excluding hydrogens is 532 g/mol. The lowest BCUT2D eigenvalue weighted by Crippen LogP contribution is -2.41. The number of benzene rings is 2. The molecule has 5 rings (SSSR count). The van der Waals surface area contributed by atoms with Crippen LogP contribution in [0.2, 0.25) is 0 Å². The summed E-state index contributed by atoms with van der Waals surface area (Å²) in [6, 6.07) is 9.69. The Kier molecular flexibility index (Phi) is 9.32. The van der Waals surface area contributed by atoms with Crippen molar-refractivity contribution in [3.05, 3.63) is 66.8 Å².